The van der Waals surface area contributed by atoms with E-state index in [1.54, 1.807) is 0 Å². The van der Waals surface area contributed by atoms with Gasteiger partial charge in [-0.05, 0) is 38.4 Å². The molecule has 0 saturated heterocycles. The molecule has 0 radical (unpaired) electrons. The van der Waals surface area contributed by atoms with Gasteiger partial charge in [0.05, 0.1) is 16.0 Å². The Bertz CT molecular complexity index is 378. The molecule has 0 aliphatic carbocycles. The smallest absolute Gasteiger partial charge is 0.0576 e. The van der Waals surface area contributed by atoms with Crippen molar-refractivity contribution in [1.82, 2.24) is 5.32 Å². The molecule has 0 heterocycles. The SMILES string of the molecule is CCNC(CC)C(C)S(=O)c1ccccc1C. The zero-order valence-corrected chi connectivity index (χ0v) is 12.0. The third-order valence-corrected chi connectivity index (χ3v) is 5.02. The summed E-state index contributed by atoms with van der Waals surface area (Å²) in [5, 5.41) is 3.55. The van der Waals surface area contributed by atoms with Gasteiger partial charge in [0, 0.05) is 10.9 Å². The lowest BCUT2D eigenvalue weighted by Crippen LogP contribution is -2.40. The summed E-state index contributed by atoms with van der Waals surface area (Å²) >= 11 is 0. The molecule has 3 unspecified atom stereocenters. The molecule has 1 rings (SSSR count). The summed E-state index contributed by atoms with van der Waals surface area (Å²) < 4.78 is 12.5. The minimum atomic E-state index is -0.934. The molecule has 0 fully saturated rings. The Morgan fingerprint density at radius 3 is 2.47 bits per heavy atom. The van der Waals surface area contributed by atoms with Gasteiger partial charge in [0.15, 0.2) is 0 Å². The van der Waals surface area contributed by atoms with Crippen LogP contribution >= 0.6 is 0 Å². The van der Waals surface area contributed by atoms with E-state index in [1.807, 2.05) is 31.2 Å². The van der Waals surface area contributed by atoms with Crippen LogP contribution in [0.2, 0.25) is 0 Å². The first kappa shape index (κ1) is 14.4. The van der Waals surface area contributed by atoms with Gasteiger partial charge in [-0.25, -0.2) is 0 Å². The molecule has 3 heteroatoms. The summed E-state index contributed by atoms with van der Waals surface area (Å²) in [6.07, 6.45) is 1.01. The lowest BCUT2D eigenvalue weighted by atomic mass is 10.2. The number of hydrogen-bond donors (Lipinski definition) is 1. The summed E-state index contributed by atoms with van der Waals surface area (Å²) in [5.74, 6) is 0. The van der Waals surface area contributed by atoms with Crippen molar-refractivity contribution in [2.24, 2.45) is 0 Å². The summed E-state index contributed by atoms with van der Waals surface area (Å²) in [6, 6.07) is 8.26. The second-order valence-electron chi connectivity index (χ2n) is 4.34. The minimum absolute atomic E-state index is 0.140. The fourth-order valence-corrected chi connectivity index (χ4v) is 3.62. The second kappa shape index (κ2) is 6.92. The van der Waals surface area contributed by atoms with Crippen molar-refractivity contribution in [1.29, 1.82) is 0 Å². The molecular weight excluding hydrogens is 230 g/mol. The van der Waals surface area contributed by atoms with Crippen LogP contribution in [0.1, 0.15) is 32.8 Å². The molecule has 0 aliphatic rings. The second-order valence-corrected chi connectivity index (χ2v) is 6.12. The molecule has 0 spiro atoms. The lowest BCUT2D eigenvalue weighted by Gasteiger charge is -2.23. The van der Waals surface area contributed by atoms with Crippen molar-refractivity contribution in [3.8, 4) is 0 Å². The number of rotatable bonds is 6. The van der Waals surface area contributed by atoms with Gasteiger partial charge in [0.1, 0.15) is 0 Å². The van der Waals surface area contributed by atoms with Gasteiger partial charge < -0.3 is 5.32 Å². The lowest BCUT2D eigenvalue weighted by molar-refractivity contribution is 0.500. The third kappa shape index (κ3) is 3.65. The molecule has 1 N–H and O–H groups in total. The van der Waals surface area contributed by atoms with Crippen LogP contribution in [0.25, 0.3) is 0 Å². The van der Waals surface area contributed by atoms with Crippen LogP contribution in [-0.2, 0) is 10.8 Å². The number of aryl methyl sites for hydroxylation is 1. The predicted octanol–water partition coefficient (Wildman–Crippen LogP) is 2.88. The van der Waals surface area contributed by atoms with Crippen LogP contribution in [0.15, 0.2) is 29.2 Å². The average Bonchev–Trinajstić information content (AvgIpc) is 2.35. The first-order chi connectivity index (χ1) is 8.11. The van der Waals surface area contributed by atoms with E-state index < -0.39 is 10.8 Å². The molecule has 0 aromatic heterocycles. The first-order valence-electron chi connectivity index (χ1n) is 6.31. The molecule has 3 atom stereocenters. The summed E-state index contributed by atoms with van der Waals surface area (Å²) in [6.45, 7) is 9.24. The fraction of sp³-hybridized carbons (Fsp3) is 0.571. The monoisotopic (exact) mass is 253 g/mol. The van der Waals surface area contributed by atoms with E-state index in [2.05, 4.69) is 26.1 Å². The average molecular weight is 253 g/mol. The normalized spacial score (nSPS) is 16.5. The maximum atomic E-state index is 12.5. The van der Waals surface area contributed by atoms with E-state index in [9.17, 15) is 4.21 Å². The molecule has 0 bridgehead atoms. The number of benzene rings is 1. The Kier molecular flexibility index (Phi) is 5.86. The number of nitrogens with one attached hydrogen (secondary N) is 1. The summed E-state index contributed by atoms with van der Waals surface area (Å²) in [4.78, 5) is 0.969. The van der Waals surface area contributed by atoms with E-state index >= 15 is 0 Å². The molecule has 17 heavy (non-hydrogen) atoms. The Hall–Kier alpha value is -0.670. The molecule has 0 aliphatic heterocycles. The van der Waals surface area contributed by atoms with Crippen molar-refractivity contribution in [2.75, 3.05) is 6.54 Å². The highest BCUT2D eigenvalue weighted by Crippen LogP contribution is 2.18. The molecular formula is C14H23NOS. The van der Waals surface area contributed by atoms with Gasteiger partial charge in [-0.3, -0.25) is 4.21 Å². The first-order valence-corrected chi connectivity index (χ1v) is 7.52. The van der Waals surface area contributed by atoms with E-state index in [0.29, 0.717) is 6.04 Å². The molecule has 0 amide bonds. The zero-order valence-electron chi connectivity index (χ0n) is 11.2. The van der Waals surface area contributed by atoms with Crippen LogP contribution in [0, 0.1) is 6.92 Å². The van der Waals surface area contributed by atoms with Gasteiger partial charge in [-0.1, -0.05) is 32.0 Å². The molecule has 96 valence electrons. The van der Waals surface area contributed by atoms with E-state index in [0.717, 1.165) is 23.4 Å². The van der Waals surface area contributed by atoms with E-state index in [-0.39, 0.29) is 5.25 Å². The van der Waals surface area contributed by atoms with Crippen molar-refractivity contribution in [3.05, 3.63) is 29.8 Å². The molecule has 1 aromatic carbocycles. The standard InChI is InChI=1S/C14H23NOS/c1-5-13(15-6-2)12(4)17(16)14-10-8-7-9-11(14)3/h7-10,12-13,15H,5-6H2,1-4H3. The fourth-order valence-electron chi connectivity index (χ4n) is 2.04. The largest absolute Gasteiger partial charge is 0.313 e. The van der Waals surface area contributed by atoms with Gasteiger partial charge in [-0.2, -0.15) is 0 Å². The maximum absolute atomic E-state index is 12.5. The molecule has 2 nitrogen and oxygen atoms in total. The predicted molar refractivity (Wildman–Crippen MR) is 74.8 cm³/mol. The Labute approximate surface area is 107 Å². The summed E-state index contributed by atoms with van der Waals surface area (Å²) in [7, 11) is -0.934. The quantitative estimate of drug-likeness (QED) is 0.844. The maximum Gasteiger partial charge on any atom is 0.0576 e. The van der Waals surface area contributed by atoms with Crippen LogP contribution < -0.4 is 5.32 Å². The van der Waals surface area contributed by atoms with Gasteiger partial charge in [0.2, 0.25) is 0 Å². The molecule has 1 aromatic rings. The van der Waals surface area contributed by atoms with Gasteiger partial charge in [-0.15, -0.1) is 0 Å². The van der Waals surface area contributed by atoms with Crippen LogP contribution in [-0.4, -0.2) is 22.0 Å². The van der Waals surface area contributed by atoms with Gasteiger partial charge in [0.25, 0.3) is 0 Å². The Morgan fingerprint density at radius 2 is 1.94 bits per heavy atom. The number of hydrogen-bond acceptors (Lipinski definition) is 2. The van der Waals surface area contributed by atoms with Crippen LogP contribution in [0.3, 0.4) is 0 Å². The summed E-state index contributed by atoms with van der Waals surface area (Å²) in [5.41, 5.74) is 1.11. The molecule has 0 saturated carbocycles. The zero-order chi connectivity index (χ0) is 12.8. The van der Waals surface area contributed by atoms with E-state index in [1.165, 1.54) is 0 Å². The van der Waals surface area contributed by atoms with Gasteiger partial charge >= 0.3 is 0 Å². The highest BCUT2D eigenvalue weighted by molar-refractivity contribution is 7.85. The van der Waals surface area contributed by atoms with Crippen molar-refractivity contribution < 1.29 is 4.21 Å². The van der Waals surface area contributed by atoms with Crippen molar-refractivity contribution in [2.45, 2.75) is 50.3 Å². The highest BCUT2D eigenvalue weighted by Gasteiger charge is 2.22. The Morgan fingerprint density at radius 1 is 1.29 bits per heavy atom. The van der Waals surface area contributed by atoms with Crippen molar-refractivity contribution >= 4 is 10.8 Å². The Balaban J connectivity index is 2.85. The highest BCUT2D eigenvalue weighted by atomic mass is 32.2. The van der Waals surface area contributed by atoms with Crippen molar-refractivity contribution in [3.63, 3.8) is 0 Å². The van der Waals surface area contributed by atoms with Crippen LogP contribution in [0.5, 0.6) is 0 Å². The third-order valence-electron chi connectivity index (χ3n) is 3.12. The van der Waals surface area contributed by atoms with E-state index in [4.69, 9.17) is 0 Å². The minimum Gasteiger partial charge on any atom is -0.313 e. The van der Waals surface area contributed by atoms with Crippen LogP contribution in [0.4, 0.5) is 0 Å². The topological polar surface area (TPSA) is 29.1 Å².